The van der Waals surface area contributed by atoms with Crippen LogP contribution >= 0.6 is 0 Å². The summed E-state index contributed by atoms with van der Waals surface area (Å²) in [4.78, 5) is 23.7. The zero-order chi connectivity index (χ0) is 22.4. The topological polar surface area (TPSA) is 90.1 Å². The SMILES string of the molecule is CNC(=O)c1cc2n(n1)CC1(CCN(c3cccc(-n4cnc5ccccc54)n3)CC1)OC2. The van der Waals surface area contributed by atoms with E-state index in [0.29, 0.717) is 18.8 Å². The molecule has 4 aromatic rings. The Balaban J connectivity index is 1.19. The quantitative estimate of drug-likeness (QED) is 0.523. The first kappa shape index (κ1) is 19.9. The second-order valence-corrected chi connectivity index (χ2v) is 8.67. The molecule has 3 aromatic heterocycles. The fraction of sp³-hybridized carbons (Fsp3) is 0.333. The highest BCUT2D eigenvalue weighted by molar-refractivity contribution is 5.92. The summed E-state index contributed by atoms with van der Waals surface area (Å²) in [7, 11) is 1.62. The van der Waals surface area contributed by atoms with E-state index in [0.717, 1.165) is 54.3 Å². The van der Waals surface area contributed by atoms with Crippen molar-refractivity contribution in [2.24, 2.45) is 0 Å². The minimum absolute atomic E-state index is 0.169. The Bertz CT molecular complexity index is 1330. The average Bonchev–Trinajstić information content (AvgIpc) is 3.48. The van der Waals surface area contributed by atoms with Gasteiger partial charge in [-0.05, 0) is 43.2 Å². The first-order valence-corrected chi connectivity index (χ1v) is 11.2. The van der Waals surface area contributed by atoms with E-state index in [2.05, 4.69) is 32.4 Å². The fourth-order valence-electron chi connectivity index (χ4n) is 4.80. The third-order valence-corrected chi connectivity index (χ3v) is 6.71. The Morgan fingerprint density at radius 2 is 1.91 bits per heavy atom. The fourth-order valence-corrected chi connectivity index (χ4v) is 4.80. The number of nitrogens with one attached hydrogen (secondary N) is 1. The van der Waals surface area contributed by atoms with Crippen molar-refractivity contribution in [1.29, 1.82) is 0 Å². The highest BCUT2D eigenvalue weighted by Gasteiger charge is 2.40. The maximum Gasteiger partial charge on any atom is 0.271 e. The summed E-state index contributed by atoms with van der Waals surface area (Å²) in [6, 6.07) is 16.0. The molecule has 0 saturated carbocycles. The molecular weight excluding hydrogens is 418 g/mol. The van der Waals surface area contributed by atoms with E-state index in [-0.39, 0.29) is 11.5 Å². The number of carbonyl (C=O) groups excluding carboxylic acids is 1. The molecule has 2 aliphatic heterocycles. The molecule has 1 fully saturated rings. The second kappa shape index (κ2) is 7.70. The zero-order valence-electron chi connectivity index (χ0n) is 18.4. The van der Waals surface area contributed by atoms with Crippen LogP contribution in [0.2, 0.25) is 0 Å². The van der Waals surface area contributed by atoms with Crippen molar-refractivity contribution in [3.8, 4) is 5.82 Å². The lowest BCUT2D eigenvalue weighted by molar-refractivity contribution is -0.106. The molecule has 2 aliphatic rings. The van der Waals surface area contributed by atoms with Crippen LogP contribution in [0, 0.1) is 0 Å². The van der Waals surface area contributed by atoms with Gasteiger partial charge in [0, 0.05) is 20.1 Å². The number of hydrogen-bond donors (Lipinski definition) is 1. The summed E-state index contributed by atoms with van der Waals surface area (Å²) >= 11 is 0. The van der Waals surface area contributed by atoms with E-state index in [1.54, 1.807) is 7.05 Å². The molecule has 5 heterocycles. The molecule has 0 atom stereocenters. The van der Waals surface area contributed by atoms with Gasteiger partial charge in [0.2, 0.25) is 0 Å². The first-order chi connectivity index (χ1) is 16.1. The minimum atomic E-state index is -0.256. The van der Waals surface area contributed by atoms with Crippen LogP contribution in [0.25, 0.3) is 16.9 Å². The molecule has 1 saturated heterocycles. The van der Waals surface area contributed by atoms with Gasteiger partial charge in [-0.1, -0.05) is 18.2 Å². The molecule has 168 valence electrons. The molecular formula is C24H25N7O2. The molecule has 1 aromatic carbocycles. The summed E-state index contributed by atoms with van der Waals surface area (Å²) in [5.74, 6) is 1.65. The van der Waals surface area contributed by atoms with Gasteiger partial charge >= 0.3 is 0 Å². The first-order valence-electron chi connectivity index (χ1n) is 11.2. The van der Waals surface area contributed by atoms with Gasteiger partial charge in [0.15, 0.2) is 5.69 Å². The molecule has 0 unspecified atom stereocenters. The number of hydrogen-bond acceptors (Lipinski definition) is 6. The number of carbonyl (C=O) groups is 1. The number of aromatic nitrogens is 5. The predicted molar refractivity (Wildman–Crippen MR) is 123 cm³/mol. The number of amides is 1. The van der Waals surface area contributed by atoms with Crippen molar-refractivity contribution in [2.75, 3.05) is 25.0 Å². The maximum absolute atomic E-state index is 11.9. The van der Waals surface area contributed by atoms with Crippen LogP contribution in [-0.2, 0) is 17.9 Å². The lowest BCUT2D eigenvalue weighted by atomic mass is 9.90. The van der Waals surface area contributed by atoms with Gasteiger partial charge in [-0.15, -0.1) is 0 Å². The lowest BCUT2D eigenvalue weighted by Crippen LogP contribution is -2.51. The maximum atomic E-state index is 11.9. The van der Waals surface area contributed by atoms with Crippen molar-refractivity contribution in [1.82, 2.24) is 29.6 Å². The Hall–Kier alpha value is -3.72. The number of imidazole rings is 1. The number of ether oxygens (including phenoxy) is 1. The normalized spacial score (nSPS) is 17.3. The van der Waals surface area contributed by atoms with Crippen molar-refractivity contribution in [3.05, 3.63) is 66.2 Å². The van der Waals surface area contributed by atoms with Crippen molar-refractivity contribution < 1.29 is 9.53 Å². The van der Waals surface area contributed by atoms with Crippen LogP contribution in [-0.4, -0.2) is 56.0 Å². The van der Waals surface area contributed by atoms with Gasteiger partial charge in [-0.2, -0.15) is 5.10 Å². The van der Waals surface area contributed by atoms with E-state index in [9.17, 15) is 4.79 Å². The Morgan fingerprint density at radius 1 is 1.09 bits per heavy atom. The summed E-state index contributed by atoms with van der Waals surface area (Å²) in [5, 5.41) is 7.14. The molecule has 6 rings (SSSR count). The van der Waals surface area contributed by atoms with E-state index in [1.165, 1.54) is 0 Å². The average molecular weight is 444 g/mol. The van der Waals surface area contributed by atoms with Gasteiger partial charge in [0.25, 0.3) is 5.91 Å². The zero-order valence-corrected chi connectivity index (χ0v) is 18.4. The van der Waals surface area contributed by atoms with Crippen LogP contribution in [0.1, 0.15) is 29.0 Å². The highest BCUT2D eigenvalue weighted by atomic mass is 16.5. The molecule has 0 aliphatic carbocycles. The molecule has 33 heavy (non-hydrogen) atoms. The van der Waals surface area contributed by atoms with Gasteiger partial charge < -0.3 is 15.0 Å². The third-order valence-electron chi connectivity index (χ3n) is 6.71. The van der Waals surface area contributed by atoms with Crippen molar-refractivity contribution in [2.45, 2.75) is 31.6 Å². The number of rotatable bonds is 3. The van der Waals surface area contributed by atoms with E-state index < -0.39 is 0 Å². The number of benzene rings is 1. The van der Waals surface area contributed by atoms with Crippen LogP contribution in [0.5, 0.6) is 0 Å². The number of para-hydroxylation sites is 2. The van der Waals surface area contributed by atoms with Crippen LogP contribution in [0.3, 0.4) is 0 Å². The van der Waals surface area contributed by atoms with Gasteiger partial charge in [-0.3, -0.25) is 14.0 Å². The monoisotopic (exact) mass is 443 g/mol. The van der Waals surface area contributed by atoms with Gasteiger partial charge in [0.05, 0.1) is 35.5 Å². The van der Waals surface area contributed by atoms with Crippen molar-refractivity contribution >= 4 is 22.8 Å². The summed E-state index contributed by atoms with van der Waals surface area (Å²) in [6.07, 6.45) is 3.58. The Morgan fingerprint density at radius 3 is 2.76 bits per heavy atom. The number of nitrogens with zero attached hydrogens (tertiary/aromatic N) is 6. The molecule has 1 amide bonds. The molecule has 9 nitrogen and oxygen atoms in total. The predicted octanol–water partition coefficient (Wildman–Crippen LogP) is 2.55. The lowest BCUT2D eigenvalue weighted by Gasteiger charge is -2.44. The number of anilines is 1. The Kier molecular flexibility index (Phi) is 4.65. The van der Waals surface area contributed by atoms with Gasteiger partial charge in [-0.25, -0.2) is 9.97 Å². The van der Waals surface area contributed by atoms with Crippen LogP contribution in [0.15, 0.2) is 54.9 Å². The molecule has 9 heteroatoms. The third kappa shape index (κ3) is 3.45. The largest absolute Gasteiger partial charge is 0.367 e. The summed E-state index contributed by atoms with van der Waals surface area (Å²) < 4.78 is 10.3. The number of fused-ring (bicyclic) bond motifs is 2. The summed E-state index contributed by atoms with van der Waals surface area (Å²) in [6.45, 7) is 2.84. The highest BCUT2D eigenvalue weighted by Crippen LogP contribution is 2.34. The molecule has 0 radical (unpaired) electrons. The van der Waals surface area contributed by atoms with E-state index in [1.807, 2.05) is 52.0 Å². The smallest absolute Gasteiger partial charge is 0.271 e. The van der Waals surface area contributed by atoms with Gasteiger partial charge in [0.1, 0.15) is 18.0 Å². The minimum Gasteiger partial charge on any atom is -0.367 e. The van der Waals surface area contributed by atoms with E-state index >= 15 is 0 Å². The molecule has 0 bridgehead atoms. The Labute approximate surface area is 191 Å². The van der Waals surface area contributed by atoms with Crippen molar-refractivity contribution in [3.63, 3.8) is 0 Å². The second-order valence-electron chi connectivity index (χ2n) is 8.67. The van der Waals surface area contributed by atoms with E-state index in [4.69, 9.17) is 9.72 Å². The molecule has 1 N–H and O–H groups in total. The summed E-state index contributed by atoms with van der Waals surface area (Å²) in [5.41, 5.74) is 3.13. The number of pyridine rings is 1. The standard InChI is InChI=1S/C24H25N7O2/c1-25-23(32)19-13-17-14-33-24(15-31(17)28-19)9-11-29(12-10-24)21-7-4-8-22(27-21)30-16-26-18-5-2-3-6-20(18)30/h2-8,13,16H,9-12,14-15H2,1H3,(H,25,32). The van der Waals surface area contributed by atoms with Crippen LogP contribution in [0.4, 0.5) is 5.82 Å². The van der Waals surface area contributed by atoms with Crippen LogP contribution < -0.4 is 10.2 Å². The number of piperidine rings is 1. The molecule has 1 spiro atoms.